The Hall–Kier alpha value is -3.20. The Bertz CT molecular complexity index is 890. The SMILES string of the molecule is Nc1ccc(S(=O)(=O)N/N=C/C=C\c2ccccc2[N+](=O)[O-])cc1. The highest BCUT2D eigenvalue weighted by Gasteiger charge is 2.11. The largest absolute Gasteiger partial charge is 0.399 e. The van der Waals surface area contributed by atoms with Crippen molar-refractivity contribution in [1.29, 1.82) is 0 Å². The van der Waals surface area contributed by atoms with Gasteiger partial charge in [0.05, 0.1) is 15.4 Å². The van der Waals surface area contributed by atoms with E-state index >= 15 is 0 Å². The Kier molecular flexibility index (Phi) is 5.27. The van der Waals surface area contributed by atoms with Crippen molar-refractivity contribution in [2.24, 2.45) is 5.10 Å². The van der Waals surface area contributed by atoms with Crippen molar-refractivity contribution < 1.29 is 13.3 Å². The summed E-state index contributed by atoms with van der Waals surface area (Å²) < 4.78 is 23.9. The lowest BCUT2D eigenvalue weighted by Gasteiger charge is -2.02. The molecule has 0 amide bonds. The van der Waals surface area contributed by atoms with Gasteiger partial charge in [-0.3, -0.25) is 10.1 Å². The summed E-state index contributed by atoms with van der Waals surface area (Å²) in [5, 5.41) is 14.4. The van der Waals surface area contributed by atoms with Crippen LogP contribution in [-0.4, -0.2) is 19.6 Å². The minimum absolute atomic E-state index is 0.0246. The summed E-state index contributed by atoms with van der Waals surface area (Å²) >= 11 is 0. The molecule has 24 heavy (non-hydrogen) atoms. The summed E-state index contributed by atoms with van der Waals surface area (Å²) in [7, 11) is -3.79. The van der Waals surface area contributed by atoms with E-state index < -0.39 is 14.9 Å². The third kappa shape index (κ3) is 4.40. The molecular formula is C15H14N4O4S. The van der Waals surface area contributed by atoms with Gasteiger partial charge in [0, 0.05) is 18.0 Å². The number of nitrogens with one attached hydrogen (secondary N) is 1. The third-order valence-corrected chi connectivity index (χ3v) is 4.17. The van der Waals surface area contributed by atoms with Crippen molar-refractivity contribution in [3.8, 4) is 0 Å². The molecule has 3 N–H and O–H groups in total. The van der Waals surface area contributed by atoms with Gasteiger partial charge in [0.1, 0.15) is 0 Å². The van der Waals surface area contributed by atoms with Crippen LogP contribution in [-0.2, 0) is 10.0 Å². The summed E-state index contributed by atoms with van der Waals surface area (Å²) in [5.41, 5.74) is 6.28. The maximum atomic E-state index is 11.9. The molecule has 0 atom stereocenters. The molecule has 8 nitrogen and oxygen atoms in total. The van der Waals surface area contributed by atoms with Gasteiger partial charge in [-0.25, -0.2) is 4.83 Å². The predicted octanol–water partition coefficient (Wildman–Crippen LogP) is 2.15. The number of rotatable bonds is 6. The lowest BCUT2D eigenvalue weighted by atomic mass is 10.2. The molecule has 0 aliphatic carbocycles. The van der Waals surface area contributed by atoms with Gasteiger partial charge in [-0.2, -0.15) is 13.5 Å². The Morgan fingerprint density at radius 1 is 1.12 bits per heavy atom. The van der Waals surface area contributed by atoms with Gasteiger partial charge in [-0.1, -0.05) is 12.1 Å². The molecule has 0 aliphatic heterocycles. The standard InChI is InChI=1S/C15H14N4O4S/c16-13-7-9-14(10-8-13)24(22,23)18-17-11-3-5-12-4-1-2-6-15(12)19(20)21/h1-11,18H,16H2/b5-3-,17-11+. The molecule has 2 aromatic carbocycles. The molecule has 0 heterocycles. The van der Waals surface area contributed by atoms with E-state index in [0.717, 1.165) is 0 Å². The highest BCUT2D eigenvalue weighted by molar-refractivity contribution is 7.89. The molecule has 0 fully saturated rings. The predicted molar refractivity (Wildman–Crippen MR) is 91.8 cm³/mol. The minimum Gasteiger partial charge on any atom is -0.399 e. The van der Waals surface area contributed by atoms with Gasteiger partial charge in [0.2, 0.25) is 0 Å². The average Bonchev–Trinajstić information content (AvgIpc) is 2.55. The van der Waals surface area contributed by atoms with E-state index in [-0.39, 0.29) is 10.6 Å². The fourth-order valence-corrected chi connectivity index (χ4v) is 2.58. The zero-order chi connectivity index (χ0) is 17.6. The highest BCUT2D eigenvalue weighted by atomic mass is 32.2. The second-order valence-corrected chi connectivity index (χ2v) is 6.28. The number of hydrogen-bond acceptors (Lipinski definition) is 6. The minimum atomic E-state index is -3.79. The van der Waals surface area contributed by atoms with Crippen LogP contribution in [0.4, 0.5) is 11.4 Å². The number of nitrogen functional groups attached to an aromatic ring is 1. The molecule has 2 rings (SSSR count). The quantitative estimate of drug-likeness (QED) is 0.358. The number of anilines is 1. The summed E-state index contributed by atoms with van der Waals surface area (Å²) in [5.74, 6) is 0. The van der Waals surface area contributed by atoms with Crippen LogP contribution in [0.25, 0.3) is 6.08 Å². The molecule has 0 aliphatic rings. The smallest absolute Gasteiger partial charge is 0.276 e. The molecular weight excluding hydrogens is 332 g/mol. The molecule has 0 saturated carbocycles. The van der Waals surface area contributed by atoms with E-state index in [2.05, 4.69) is 5.10 Å². The summed E-state index contributed by atoms with van der Waals surface area (Å²) in [6.45, 7) is 0. The average molecular weight is 346 g/mol. The van der Waals surface area contributed by atoms with Crippen LogP contribution in [0.2, 0.25) is 0 Å². The summed E-state index contributed by atoms with van der Waals surface area (Å²) in [6, 6.07) is 11.8. The summed E-state index contributed by atoms with van der Waals surface area (Å²) in [6.07, 6.45) is 4.04. The number of benzene rings is 2. The van der Waals surface area contributed by atoms with Crippen LogP contribution in [0.15, 0.2) is 64.6 Å². The second-order valence-electron chi connectivity index (χ2n) is 4.62. The number of para-hydroxylation sites is 1. The van der Waals surface area contributed by atoms with Gasteiger partial charge in [-0.05, 0) is 42.5 Å². The molecule has 0 unspecified atom stereocenters. The fraction of sp³-hybridized carbons (Fsp3) is 0. The molecule has 0 spiro atoms. The maximum absolute atomic E-state index is 11.9. The Balaban J connectivity index is 2.05. The maximum Gasteiger partial charge on any atom is 0.276 e. The first-order chi connectivity index (χ1) is 11.4. The van der Waals surface area contributed by atoms with Crippen molar-refractivity contribution in [3.63, 3.8) is 0 Å². The van der Waals surface area contributed by atoms with Crippen LogP contribution < -0.4 is 10.6 Å². The van der Waals surface area contributed by atoms with Crippen LogP contribution in [0.1, 0.15) is 5.56 Å². The molecule has 9 heteroatoms. The monoisotopic (exact) mass is 346 g/mol. The lowest BCUT2D eigenvalue weighted by molar-refractivity contribution is -0.385. The zero-order valence-electron chi connectivity index (χ0n) is 12.4. The highest BCUT2D eigenvalue weighted by Crippen LogP contribution is 2.18. The van der Waals surface area contributed by atoms with E-state index in [1.54, 1.807) is 18.2 Å². The first-order valence-electron chi connectivity index (χ1n) is 6.70. The number of nitrogens with zero attached hydrogens (tertiary/aromatic N) is 2. The van der Waals surface area contributed by atoms with E-state index in [1.807, 2.05) is 4.83 Å². The van der Waals surface area contributed by atoms with Crippen LogP contribution >= 0.6 is 0 Å². The van der Waals surface area contributed by atoms with E-state index in [1.165, 1.54) is 48.7 Å². The number of nitro groups is 1. The fourth-order valence-electron chi connectivity index (χ4n) is 1.78. The van der Waals surface area contributed by atoms with Gasteiger partial charge < -0.3 is 5.73 Å². The Morgan fingerprint density at radius 2 is 1.79 bits per heavy atom. The number of nitro benzene ring substituents is 1. The molecule has 124 valence electrons. The number of nitrogens with two attached hydrogens (primary N) is 1. The van der Waals surface area contributed by atoms with E-state index in [9.17, 15) is 18.5 Å². The van der Waals surface area contributed by atoms with Gasteiger partial charge in [0.15, 0.2) is 0 Å². The molecule has 2 aromatic rings. The molecule has 0 bridgehead atoms. The molecule has 0 radical (unpaired) electrons. The molecule has 0 saturated heterocycles. The molecule has 0 aromatic heterocycles. The lowest BCUT2D eigenvalue weighted by Crippen LogP contribution is -2.18. The first kappa shape index (κ1) is 17.2. The van der Waals surface area contributed by atoms with Gasteiger partial charge in [-0.15, -0.1) is 0 Å². The Labute approximate surface area is 138 Å². The number of hydrogen-bond donors (Lipinski definition) is 2. The summed E-state index contributed by atoms with van der Waals surface area (Å²) in [4.78, 5) is 12.4. The second kappa shape index (κ2) is 7.38. The number of hydrazone groups is 1. The van der Waals surface area contributed by atoms with Crippen LogP contribution in [0, 0.1) is 10.1 Å². The van der Waals surface area contributed by atoms with Crippen molar-refractivity contribution in [1.82, 2.24) is 4.83 Å². The van der Waals surface area contributed by atoms with E-state index in [0.29, 0.717) is 11.3 Å². The first-order valence-corrected chi connectivity index (χ1v) is 8.19. The van der Waals surface area contributed by atoms with Crippen molar-refractivity contribution in [3.05, 3.63) is 70.3 Å². The topological polar surface area (TPSA) is 128 Å². The number of allylic oxidation sites excluding steroid dienone is 1. The van der Waals surface area contributed by atoms with Crippen molar-refractivity contribution >= 4 is 33.7 Å². The van der Waals surface area contributed by atoms with Crippen molar-refractivity contribution in [2.45, 2.75) is 4.90 Å². The van der Waals surface area contributed by atoms with Crippen molar-refractivity contribution in [2.75, 3.05) is 5.73 Å². The van der Waals surface area contributed by atoms with Crippen LogP contribution in [0.3, 0.4) is 0 Å². The van der Waals surface area contributed by atoms with E-state index in [4.69, 9.17) is 5.73 Å². The zero-order valence-corrected chi connectivity index (χ0v) is 13.2. The third-order valence-electron chi connectivity index (χ3n) is 2.93. The number of sulfonamides is 1. The normalized spacial score (nSPS) is 11.8. The van der Waals surface area contributed by atoms with Gasteiger partial charge in [0.25, 0.3) is 15.7 Å². The van der Waals surface area contributed by atoms with Crippen LogP contribution in [0.5, 0.6) is 0 Å². The Morgan fingerprint density at radius 3 is 2.46 bits per heavy atom. The van der Waals surface area contributed by atoms with Gasteiger partial charge >= 0.3 is 0 Å².